The molecule has 0 radical (unpaired) electrons. The van der Waals surface area contributed by atoms with Gasteiger partial charge in [-0.1, -0.05) is 0 Å². The second-order valence-corrected chi connectivity index (χ2v) is 2.79. The molecule has 1 rings (SSSR count). The minimum Gasteiger partial charge on any atom is -0.481 e. The minimum atomic E-state index is -0.875. The van der Waals surface area contributed by atoms with Gasteiger partial charge < -0.3 is 14.9 Å². The second kappa shape index (κ2) is 3.69. The van der Waals surface area contributed by atoms with Crippen molar-refractivity contribution in [2.45, 2.75) is 18.9 Å². The van der Waals surface area contributed by atoms with Crippen molar-refractivity contribution in [3.05, 3.63) is 0 Å². The zero-order chi connectivity index (χ0) is 8.27. The first kappa shape index (κ1) is 8.49. The molecule has 4 heteroatoms. The highest BCUT2D eigenvalue weighted by molar-refractivity contribution is 5.67. The molecule has 11 heavy (non-hydrogen) atoms. The molecule has 0 aromatic heterocycles. The summed E-state index contributed by atoms with van der Waals surface area (Å²) in [6.07, 6.45) is 0.0545. The summed E-state index contributed by atoms with van der Waals surface area (Å²) in [5.74, 6) is -1.10. The summed E-state index contributed by atoms with van der Waals surface area (Å²) in [6, 6.07) is 0. The summed E-state index contributed by atoms with van der Waals surface area (Å²) in [4.78, 5) is 10.2. The summed E-state index contributed by atoms with van der Waals surface area (Å²) in [5, 5.41) is 17.7. The van der Waals surface area contributed by atoms with Gasteiger partial charge in [0.2, 0.25) is 0 Å². The maximum absolute atomic E-state index is 10.2. The molecule has 2 atom stereocenters. The number of hydrogen-bond donors (Lipinski definition) is 2. The molecule has 4 nitrogen and oxygen atoms in total. The van der Waals surface area contributed by atoms with Gasteiger partial charge in [-0.05, 0) is 6.42 Å². The Morgan fingerprint density at radius 3 is 2.91 bits per heavy atom. The SMILES string of the molecule is O=C(O)C[C@H]1COCC[C@@H]1O. The third kappa shape index (κ3) is 2.48. The van der Waals surface area contributed by atoms with Gasteiger partial charge in [-0.25, -0.2) is 0 Å². The number of aliphatic hydroxyl groups is 1. The van der Waals surface area contributed by atoms with E-state index in [2.05, 4.69) is 0 Å². The Labute approximate surface area is 64.8 Å². The molecule has 0 spiro atoms. The first-order chi connectivity index (χ1) is 5.20. The second-order valence-electron chi connectivity index (χ2n) is 2.79. The average Bonchev–Trinajstić information content (AvgIpc) is 1.93. The molecular formula is C7H12O4. The van der Waals surface area contributed by atoms with E-state index in [0.29, 0.717) is 19.6 Å². The number of carbonyl (C=O) groups is 1. The van der Waals surface area contributed by atoms with E-state index in [1.165, 1.54) is 0 Å². The van der Waals surface area contributed by atoms with Crippen LogP contribution in [0.5, 0.6) is 0 Å². The van der Waals surface area contributed by atoms with Crippen LogP contribution in [0, 0.1) is 5.92 Å². The number of aliphatic carboxylic acids is 1. The molecule has 0 saturated carbocycles. The molecule has 1 aliphatic heterocycles. The monoisotopic (exact) mass is 160 g/mol. The zero-order valence-electron chi connectivity index (χ0n) is 6.19. The molecule has 1 fully saturated rings. The van der Waals surface area contributed by atoms with Crippen molar-refractivity contribution in [2.75, 3.05) is 13.2 Å². The fourth-order valence-corrected chi connectivity index (χ4v) is 1.20. The smallest absolute Gasteiger partial charge is 0.303 e. The Bertz CT molecular complexity index is 145. The van der Waals surface area contributed by atoms with E-state index in [1.807, 2.05) is 0 Å². The van der Waals surface area contributed by atoms with Crippen molar-refractivity contribution in [1.82, 2.24) is 0 Å². The van der Waals surface area contributed by atoms with Crippen molar-refractivity contribution < 1.29 is 19.7 Å². The molecule has 0 bridgehead atoms. The van der Waals surface area contributed by atoms with Crippen LogP contribution in [0.2, 0.25) is 0 Å². The molecule has 0 unspecified atom stereocenters. The van der Waals surface area contributed by atoms with Crippen molar-refractivity contribution in [2.24, 2.45) is 5.92 Å². The average molecular weight is 160 g/mol. The number of aliphatic hydroxyl groups excluding tert-OH is 1. The normalized spacial score (nSPS) is 31.7. The summed E-state index contributed by atoms with van der Waals surface area (Å²) in [7, 11) is 0. The van der Waals surface area contributed by atoms with Crippen LogP contribution in [0.3, 0.4) is 0 Å². The summed E-state index contributed by atoms with van der Waals surface area (Å²) in [6.45, 7) is 0.907. The third-order valence-electron chi connectivity index (χ3n) is 1.87. The summed E-state index contributed by atoms with van der Waals surface area (Å²) >= 11 is 0. The van der Waals surface area contributed by atoms with Crippen LogP contribution >= 0.6 is 0 Å². The molecule has 1 aliphatic rings. The van der Waals surface area contributed by atoms with E-state index < -0.39 is 12.1 Å². The molecule has 0 aromatic rings. The minimum absolute atomic E-state index is 0.00116. The molecule has 0 aromatic carbocycles. The van der Waals surface area contributed by atoms with Gasteiger partial charge in [0.05, 0.1) is 19.1 Å². The molecule has 2 N–H and O–H groups in total. The largest absolute Gasteiger partial charge is 0.481 e. The lowest BCUT2D eigenvalue weighted by molar-refractivity contribution is -0.141. The van der Waals surface area contributed by atoms with Crippen LogP contribution in [-0.2, 0) is 9.53 Å². The number of ether oxygens (including phenoxy) is 1. The van der Waals surface area contributed by atoms with Gasteiger partial charge in [0.25, 0.3) is 0 Å². The molecule has 0 amide bonds. The topological polar surface area (TPSA) is 66.8 Å². The molecule has 1 saturated heterocycles. The fraction of sp³-hybridized carbons (Fsp3) is 0.857. The van der Waals surface area contributed by atoms with Gasteiger partial charge in [0.15, 0.2) is 0 Å². The highest BCUT2D eigenvalue weighted by atomic mass is 16.5. The lowest BCUT2D eigenvalue weighted by atomic mass is 9.95. The Balaban J connectivity index is 2.35. The van der Waals surface area contributed by atoms with Crippen LogP contribution < -0.4 is 0 Å². The van der Waals surface area contributed by atoms with Crippen LogP contribution in [0.15, 0.2) is 0 Å². The number of carboxylic acids is 1. The number of rotatable bonds is 2. The quantitative estimate of drug-likeness (QED) is 0.590. The van der Waals surface area contributed by atoms with E-state index >= 15 is 0 Å². The first-order valence-electron chi connectivity index (χ1n) is 3.67. The molecule has 0 aliphatic carbocycles. The van der Waals surface area contributed by atoms with Crippen LogP contribution in [0.1, 0.15) is 12.8 Å². The highest BCUT2D eigenvalue weighted by Gasteiger charge is 2.25. The van der Waals surface area contributed by atoms with E-state index in [-0.39, 0.29) is 12.3 Å². The Morgan fingerprint density at radius 2 is 2.36 bits per heavy atom. The molecular weight excluding hydrogens is 148 g/mol. The lowest BCUT2D eigenvalue weighted by Crippen LogP contribution is -2.33. The Hall–Kier alpha value is -0.610. The Kier molecular flexibility index (Phi) is 2.84. The highest BCUT2D eigenvalue weighted by Crippen LogP contribution is 2.17. The summed E-state index contributed by atoms with van der Waals surface area (Å²) in [5.41, 5.74) is 0. The predicted molar refractivity (Wildman–Crippen MR) is 37.2 cm³/mol. The predicted octanol–water partition coefficient (Wildman–Crippen LogP) is -0.141. The van der Waals surface area contributed by atoms with Crippen molar-refractivity contribution in [3.8, 4) is 0 Å². The van der Waals surface area contributed by atoms with Crippen LogP contribution in [-0.4, -0.2) is 35.5 Å². The van der Waals surface area contributed by atoms with Crippen molar-refractivity contribution in [1.29, 1.82) is 0 Å². The van der Waals surface area contributed by atoms with Crippen molar-refractivity contribution in [3.63, 3.8) is 0 Å². The van der Waals surface area contributed by atoms with Gasteiger partial charge in [-0.15, -0.1) is 0 Å². The first-order valence-corrected chi connectivity index (χ1v) is 3.67. The zero-order valence-corrected chi connectivity index (χ0v) is 6.19. The fourth-order valence-electron chi connectivity index (χ4n) is 1.20. The van der Waals surface area contributed by atoms with Gasteiger partial charge in [0.1, 0.15) is 0 Å². The molecule has 1 heterocycles. The maximum atomic E-state index is 10.2. The summed E-state index contributed by atoms with van der Waals surface area (Å²) < 4.78 is 5.03. The van der Waals surface area contributed by atoms with E-state index in [1.54, 1.807) is 0 Å². The van der Waals surface area contributed by atoms with E-state index in [4.69, 9.17) is 9.84 Å². The van der Waals surface area contributed by atoms with Gasteiger partial charge in [-0.3, -0.25) is 4.79 Å². The van der Waals surface area contributed by atoms with Gasteiger partial charge >= 0.3 is 5.97 Å². The van der Waals surface area contributed by atoms with Gasteiger partial charge in [-0.2, -0.15) is 0 Å². The standard InChI is InChI=1S/C7H12O4/c8-6-1-2-11-4-5(6)3-7(9)10/h5-6,8H,1-4H2,(H,9,10)/t5-,6-/m0/s1. The number of carboxylic acid groups (broad SMARTS) is 1. The van der Waals surface area contributed by atoms with Crippen LogP contribution in [0.25, 0.3) is 0 Å². The van der Waals surface area contributed by atoms with Crippen molar-refractivity contribution >= 4 is 5.97 Å². The molecule has 64 valence electrons. The number of hydrogen-bond acceptors (Lipinski definition) is 3. The maximum Gasteiger partial charge on any atom is 0.303 e. The lowest BCUT2D eigenvalue weighted by Gasteiger charge is -2.26. The Morgan fingerprint density at radius 1 is 1.64 bits per heavy atom. The van der Waals surface area contributed by atoms with E-state index in [0.717, 1.165) is 0 Å². The van der Waals surface area contributed by atoms with Crippen LogP contribution in [0.4, 0.5) is 0 Å². The third-order valence-corrected chi connectivity index (χ3v) is 1.87. The van der Waals surface area contributed by atoms with E-state index in [9.17, 15) is 9.90 Å². The van der Waals surface area contributed by atoms with Gasteiger partial charge in [0, 0.05) is 12.5 Å².